The van der Waals surface area contributed by atoms with Crippen LogP contribution in [0.1, 0.15) is 32.4 Å². The van der Waals surface area contributed by atoms with Crippen molar-refractivity contribution in [3.8, 4) is 5.75 Å². The number of amides is 2. The number of nitrogens with zero attached hydrogens (tertiary/aromatic N) is 1. The summed E-state index contributed by atoms with van der Waals surface area (Å²) in [5, 5.41) is 16.2. The number of hydrogen-bond acceptors (Lipinski definition) is 5. The van der Waals surface area contributed by atoms with Crippen LogP contribution in [0.2, 0.25) is 5.02 Å². The molecule has 1 atom stereocenters. The number of pyridine rings is 1. The molecular formula is C20H21Cl2N3O4S. The molecule has 1 aromatic heterocycles. The van der Waals surface area contributed by atoms with Crippen LogP contribution in [-0.4, -0.2) is 30.6 Å². The van der Waals surface area contributed by atoms with E-state index in [1.165, 1.54) is 32.2 Å². The quantitative estimate of drug-likeness (QED) is 0.556. The number of rotatable bonds is 5. The lowest BCUT2D eigenvalue weighted by Gasteiger charge is -2.26. The molecule has 0 fully saturated rings. The van der Waals surface area contributed by atoms with Gasteiger partial charge in [-0.05, 0) is 51.0 Å². The third-order valence-corrected chi connectivity index (χ3v) is 8.34. The van der Waals surface area contributed by atoms with E-state index in [2.05, 4.69) is 15.6 Å². The van der Waals surface area contributed by atoms with E-state index in [1.54, 1.807) is 18.2 Å². The number of carbonyl (C=O) groups is 1. The number of halogens is 2. The van der Waals surface area contributed by atoms with Gasteiger partial charge >= 0.3 is 6.03 Å². The van der Waals surface area contributed by atoms with E-state index in [-0.39, 0.29) is 16.8 Å². The molecule has 7 nitrogen and oxygen atoms in total. The van der Waals surface area contributed by atoms with E-state index in [0.717, 1.165) is 6.42 Å². The summed E-state index contributed by atoms with van der Waals surface area (Å²) in [7, 11) is -4.19. The van der Waals surface area contributed by atoms with E-state index in [1.807, 2.05) is 6.08 Å². The van der Waals surface area contributed by atoms with Gasteiger partial charge in [-0.15, -0.1) is 0 Å². The highest BCUT2D eigenvalue weighted by Gasteiger charge is 2.42. The van der Waals surface area contributed by atoms with Crippen LogP contribution >= 0.6 is 23.2 Å². The number of carbonyl (C=O) groups excluding carboxylic acids is 1. The second kappa shape index (κ2) is 8.45. The molecule has 0 radical (unpaired) electrons. The molecule has 1 heterocycles. The number of hydrogen-bond donors (Lipinski definition) is 3. The Morgan fingerprint density at radius 3 is 2.57 bits per heavy atom. The summed E-state index contributed by atoms with van der Waals surface area (Å²) < 4.78 is 25.3. The average Bonchev–Trinajstić information content (AvgIpc) is 3.09. The van der Waals surface area contributed by atoms with Crippen molar-refractivity contribution in [2.24, 2.45) is 0 Å². The van der Waals surface area contributed by atoms with Crippen LogP contribution in [0.25, 0.3) is 0 Å². The standard InChI is InChI=1S/C20H21Cl2N3O4S/c1-20(2,16-8-3-4-11-23-16)30(28,29)18-13(22)9-10-15(17(18)26)25-19(27)24-14-7-5-6-12(14)21/h3-4,6,8-11,14,26H,5,7H2,1-2H3,(H2,24,25,27). The van der Waals surface area contributed by atoms with Crippen LogP contribution in [0.15, 0.2) is 52.5 Å². The SMILES string of the molecule is CC(C)(c1ccccn1)S(=O)(=O)c1c(Cl)ccc(NC(=O)NC2CCC=C2Cl)c1O. The van der Waals surface area contributed by atoms with Gasteiger partial charge in [0.1, 0.15) is 9.64 Å². The number of allylic oxidation sites excluding steroid dienone is 1. The van der Waals surface area contributed by atoms with Crippen molar-refractivity contribution < 1.29 is 18.3 Å². The fourth-order valence-electron chi connectivity index (χ4n) is 3.14. The second-order valence-corrected chi connectivity index (χ2v) is 10.6. The minimum Gasteiger partial charge on any atom is -0.504 e. The minimum absolute atomic E-state index is 0.0922. The van der Waals surface area contributed by atoms with Crippen molar-refractivity contribution in [1.82, 2.24) is 10.3 Å². The topological polar surface area (TPSA) is 108 Å². The molecule has 0 aliphatic heterocycles. The smallest absolute Gasteiger partial charge is 0.319 e. The van der Waals surface area contributed by atoms with Gasteiger partial charge in [0.25, 0.3) is 0 Å². The Hall–Kier alpha value is -2.29. The molecule has 30 heavy (non-hydrogen) atoms. The van der Waals surface area contributed by atoms with Crippen molar-refractivity contribution in [3.63, 3.8) is 0 Å². The number of urea groups is 1. The molecule has 1 aromatic carbocycles. The number of phenolic OH excluding ortho intramolecular Hbond substituents is 1. The number of aromatic hydroxyl groups is 1. The fourth-order valence-corrected chi connectivity index (χ4v) is 5.47. The lowest BCUT2D eigenvalue weighted by atomic mass is 10.1. The molecule has 2 amide bonds. The van der Waals surface area contributed by atoms with Gasteiger partial charge in [0.05, 0.1) is 22.4 Å². The third-order valence-electron chi connectivity index (χ3n) is 4.99. The van der Waals surface area contributed by atoms with E-state index in [9.17, 15) is 18.3 Å². The van der Waals surface area contributed by atoms with Crippen LogP contribution in [0.3, 0.4) is 0 Å². The molecule has 1 aliphatic carbocycles. The van der Waals surface area contributed by atoms with Crippen LogP contribution in [0.5, 0.6) is 5.75 Å². The van der Waals surface area contributed by atoms with Crippen molar-refractivity contribution >= 4 is 44.8 Å². The minimum atomic E-state index is -4.19. The van der Waals surface area contributed by atoms with Crippen molar-refractivity contribution in [2.45, 2.75) is 42.4 Å². The Balaban J connectivity index is 1.94. The summed E-state index contributed by atoms with van der Waals surface area (Å²) >= 11 is 12.2. The van der Waals surface area contributed by atoms with E-state index in [4.69, 9.17) is 23.2 Å². The summed E-state index contributed by atoms with van der Waals surface area (Å²) in [5.41, 5.74) is 0.199. The molecule has 3 rings (SSSR count). The molecule has 0 saturated carbocycles. The van der Waals surface area contributed by atoms with Gasteiger partial charge in [0.15, 0.2) is 15.6 Å². The summed E-state index contributed by atoms with van der Waals surface area (Å²) in [6.07, 6.45) is 4.72. The molecule has 10 heteroatoms. The number of aromatic nitrogens is 1. The first-order chi connectivity index (χ1) is 14.1. The molecule has 1 aliphatic rings. The van der Waals surface area contributed by atoms with Crippen molar-refractivity contribution in [1.29, 1.82) is 0 Å². The highest BCUT2D eigenvalue weighted by Crippen LogP contribution is 2.44. The van der Waals surface area contributed by atoms with Crippen molar-refractivity contribution in [2.75, 3.05) is 5.32 Å². The Bertz CT molecular complexity index is 1100. The molecule has 0 spiro atoms. The number of anilines is 1. The van der Waals surface area contributed by atoms with Gasteiger partial charge in [-0.3, -0.25) is 4.98 Å². The lowest BCUT2D eigenvalue weighted by Crippen LogP contribution is -2.37. The Morgan fingerprint density at radius 1 is 1.23 bits per heavy atom. The highest BCUT2D eigenvalue weighted by molar-refractivity contribution is 7.92. The summed E-state index contributed by atoms with van der Waals surface area (Å²) in [6.45, 7) is 2.95. The molecule has 1 unspecified atom stereocenters. The molecule has 0 bridgehead atoms. The zero-order chi connectivity index (χ0) is 22.1. The number of phenols is 1. The normalized spacial score (nSPS) is 16.8. The van der Waals surface area contributed by atoms with Gasteiger partial charge in [-0.2, -0.15) is 0 Å². The monoisotopic (exact) mass is 469 g/mol. The van der Waals surface area contributed by atoms with E-state index >= 15 is 0 Å². The van der Waals surface area contributed by atoms with Crippen LogP contribution in [0, 0.1) is 0 Å². The number of benzene rings is 1. The zero-order valence-electron chi connectivity index (χ0n) is 16.3. The van der Waals surface area contributed by atoms with Gasteiger partial charge in [-0.1, -0.05) is 35.3 Å². The fraction of sp³-hybridized carbons (Fsp3) is 0.300. The first-order valence-corrected chi connectivity index (χ1v) is 11.4. The molecule has 2 aromatic rings. The van der Waals surface area contributed by atoms with E-state index < -0.39 is 31.3 Å². The van der Waals surface area contributed by atoms with Gasteiger partial charge in [-0.25, -0.2) is 13.2 Å². The van der Waals surface area contributed by atoms with Crippen LogP contribution in [0.4, 0.5) is 10.5 Å². The Morgan fingerprint density at radius 2 is 1.97 bits per heavy atom. The van der Waals surface area contributed by atoms with Crippen LogP contribution in [-0.2, 0) is 14.6 Å². The van der Waals surface area contributed by atoms with Gasteiger partial charge in [0, 0.05) is 11.2 Å². The van der Waals surface area contributed by atoms with Crippen LogP contribution < -0.4 is 10.6 Å². The second-order valence-electron chi connectivity index (χ2n) is 7.32. The highest BCUT2D eigenvalue weighted by atomic mass is 35.5. The summed E-state index contributed by atoms with van der Waals surface area (Å²) in [5.74, 6) is -0.644. The molecule has 3 N–H and O–H groups in total. The Kier molecular flexibility index (Phi) is 6.31. The summed E-state index contributed by atoms with van der Waals surface area (Å²) in [4.78, 5) is 16.0. The maximum atomic E-state index is 13.4. The van der Waals surface area contributed by atoms with E-state index in [0.29, 0.717) is 17.1 Å². The lowest BCUT2D eigenvalue weighted by molar-refractivity contribution is 0.250. The summed E-state index contributed by atoms with van der Waals surface area (Å²) in [6, 6.07) is 6.61. The average molecular weight is 470 g/mol. The first kappa shape index (κ1) is 22.4. The predicted octanol–water partition coefficient (Wildman–Crippen LogP) is 4.56. The predicted molar refractivity (Wildman–Crippen MR) is 117 cm³/mol. The molecular weight excluding hydrogens is 449 g/mol. The Labute approximate surface area is 185 Å². The van der Waals surface area contributed by atoms with Gasteiger partial charge < -0.3 is 15.7 Å². The van der Waals surface area contributed by atoms with Gasteiger partial charge in [0.2, 0.25) is 0 Å². The maximum absolute atomic E-state index is 13.4. The zero-order valence-corrected chi connectivity index (χ0v) is 18.6. The number of nitrogens with one attached hydrogen (secondary N) is 2. The third kappa shape index (κ3) is 4.12. The molecule has 160 valence electrons. The first-order valence-electron chi connectivity index (χ1n) is 9.16. The largest absolute Gasteiger partial charge is 0.504 e. The van der Waals surface area contributed by atoms with Crippen molar-refractivity contribution in [3.05, 3.63) is 58.4 Å². The maximum Gasteiger partial charge on any atom is 0.319 e. The molecule has 0 saturated heterocycles. The number of sulfone groups is 1.